The number of aryl methyl sites for hydroxylation is 3. The van der Waals surface area contributed by atoms with Crippen molar-refractivity contribution in [3.63, 3.8) is 0 Å². The molecule has 6 heteroatoms. The summed E-state index contributed by atoms with van der Waals surface area (Å²) in [4.78, 5) is 0. The van der Waals surface area contributed by atoms with Gasteiger partial charge in [-0.2, -0.15) is 10.2 Å². The van der Waals surface area contributed by atoms with E-state index < -0.39 is 0 Å². The smallest absolute Gasteiger partial charge is 0.0869 e. The fourth-order valence-corrected chi connectivity index (χ4v) is 2.50. The highest BCUT2D eigenvalue weighted by Crippen LogP contribution is 2.21. The average molecular weight is 282 g/mol. The summed E-state index contributed by atoms with van der Waals surface area (Å²) in [5.74, 6) is 0. The molecule has 2 heterocycles. The third kappa shape index (κ3) is 2.82. The van der Waals surface area contributed by atoms with E-state index in [1.807, 2.05) is 30.4 Å². The highest BCUT2D eigenvalue weighted by atomic mass is 35.5. The zero-order valence-corrected chi connectivity index (χ0v) is 12.6. The summed E-state index contributed by atoms with van der Waals surface area (Å²) in [6, 6.07) is 0. The van der Waals surface area contributed by atoms with E-state index in [0.717, 1.165) is 35.1 Å². The van der Waals surface area contributed by atoms with Crippen LogP contribution in [0.4, 0.5) is 0 Å². The number of nitrogens with zero attached hydrogens (tertiary/aromatic N) is 4. The topological polar surface area (TPSA) is 47.7 Å². The van der Waals surface area contributed by atoms with Gasteiger partial charge < -0.3 is 5.32 Å². The molecule has 0 fully saturated rings. The van der Waals surface area contributed by atoms with E-state index in [1.165, 1.54) is 5.56 Å². The second-order valence-corrected chi connectivity index (χ2v) is 5.03. The number of hydrogen-bond acceptors (Lipinski definition) is 3. The van der Waals surface area contributed by atoms with Crippen molar-refractivity contribution in [2.75, 3.05) is 7.05 Å². The van der Waals surface area contributed by atoms with Crippen molar-refractivity contribution in [3.05, 3.63) is 33.9 Å². The lowest BCUT2D eigenvalue weighted by Gasteiger charge is -2.03. The molecule has 0 spiro atoms. The zero-order chi connectivity index (χ0) is 14.0. The molecule has 0 saturated heterocycles. The summed E-state index contributed by atoms with van der Waals surface area (Å²) < 4.78 is 3.76. The van der Waals surface area contributed by atoms with Gasteiger partial charge in [-0.3, -0.25) is 9.36 Å². The van der Waals surface area contributed by atoms with Gasteiger partial charge in [-0.15, -0.1) is 0 Å². The Morgan fingerprint density at radius 2 is 2.11 bits per heavy atom. The SMILES string of the molecule is CCc1nn(C)c(Cn2cc(CNC)c(C)n2)c1Cl. The van der Waals surface area contributed by atoms with Crippen LogP contribution in [0.15, 0.2) is 6.20 Å². The Morgan fingerprint density at radius 3 is 2.68 bits per heavy atom. The van der Waals surface area contributed by atoms with Crippen molar-refractivity contribution in [1.29, 1.82) is 0 Å². The van der Waals surface area contributed by atoms with Crippen molar-refractivity contribution < 1.29 is 0 Å². The standard InChI is InChI=1S/C13H20ClN5/c1-5-11-13(14)12(18(4)17-11)8-19-7-10(6-15-3)9(2)16-19/h7,15H,5-6,8H2,1-4H3. The van der Waals surface area contributed by atoms with Gasteiger partial charge in [0.05, 0.1) is 28.6 Å². The van der Waals surface area contributed by atoms with Crippen LogP contribution in [0.2, 0.25) is 5.02 Å². The largest absolute Gasteiger partial charge is 0.316 e. The molecule has 0 aromatic carbocycles. The van der Waals surface area contributed by atoms with Crippen molar-refractivity contribution in [2.24, 2.45) is 7.05 Å². The van der Waals surface area contributed by atoms with Crippen LogP contribution < -0.4 is 5.32 Å². The Labute approximate surface area is 118 Å². The highest BCUT2D eigenvalue weighted by molar-refractivity contribution is 6.31. The van der Waals surface area contributed by atoms with Gasteiger partial charge in [-0.25, -0.2) is 0 Å². The Hall–Kier alpha value is -1.33. The average Bonchev–Trinajstić information content (AvgIpc) is 2.85. The third-order valence-corrected chi connectivity index (χ3v) is 3.67. The fourth-order valence-electron chi connectivity index (χ4n) is 2.15. The maximum Gasteiger partial charge on any atom is 0.0869 e. The minimum absolute atomic E-state index is 0.646. The summed E-state index contributed by atoms with van der Waals surface area (Å²) in [5.41, 5.74) is 4.19. The minimum Gasteiger partial charge on any atom is -0.316 e. The highest BCUT2D eigenvalue weighted by Gasteiger charge is 2.14. The van der Waals surface area contributed by atoms with E-state index in [-0.39, 0.29) is 0 Å². The maximum atomic E-state index is 6.35. The first-order chi connectivity index (χ1) is 9.06. The molecule has 0 unspecified atom stereocenters. The number of aromatic nitrogens is 4. The van der Waals surface area contributed by atoms with Crippen LogP contribution in [0, 0.1) is 6.92 Å². The molecule has 0 radical (unpaired) electrons. The van der Waals surface area contributed by atoms with Crippen LogP contribution in [0.3, 0.4) is 0 Å². The number of nitrogens with one attached hydrogen (secondary N) is 1. The normalized spacial score (nSPS) is 11.2. The van der Waals surface area contributed by atoms with E-state index in [9.17, 15) is 0 Å². The van der Waals surface area contributed by atoms with Crippen molar-refractivity contribution >= 4 is 11.6 Å². The summed E-state index contributed by atoms with van der Waals surface area (Å²) in [7, 11) is 3.85. The molecule has 19 heavy (non-hydrogen) atoms. The first-order valence-corrected chi connectivity index (χ1v) is 6.82. The molecule has 2 aromatic heterocycles. The van der Waals surface area contributed by atoms with Gasteiger partial charge in [0.1, 0.15) is 0 Å². The first-order valence-electron chi connectivity index (χ1n) is 6.44. The molecular formula is C13H20ClN5. The van der Waals surface area contributed by atoms with Crippen LogP contribution in [0.25, 0.3) is 0 Å². The molecule has 0 atom stereocenters. The lowest BCUT2D eigenvalue weighted by atomic mass is 10.2. The van der Waals surface area contributed by atoms with Crippen LogP contribution in [0.1, 0.15) is 29.6 Å². The zero-order valence-electron chi connectivity index (χ0n) is 11.9. The maximum absolute atomic E-state index is 6.35. The molecule has 0 aliphatic heterocycles. The van der Waals surface area contributed by atoms with Gasteiger partial charge >= 0.3 is 0 Å². The lowest BCUT2D eigenvalue weighted by molar-refractivity contribution is 0.614. The van der Waals surface area contributed by atoms with Crippen LogP contribution in [-0.2, 0) is 26.6 Å². The summed E-state index contributed by atoms with van der Waals surface area (Å²) in [6.07, 6.45) is 2.90. The Morgan fingerprint density at radius 1 is 1.37 bits per heavy atom. The van der Waals surface area contributed by atoms with E-state index in [0.29, 0.717) is 6.54 Å². The summed E-state index contributed by atoms with van der Waals surface area (Å²) in [5, 5.41) is 12.8. The molecule has 5 nitrogen and oxygen atoms in total. The minimum atomic E-state index is 0.646. The molecule has 1 N–H and O–H groups in total. The molecule has 0 aliphatic rings. The summed E-state index contributed by atoms with van der Waals surface area (Å²) >= 11 is 6.35. The molecule has 2 aromatic rings. The van der Waals surface area contributed by atoms with Gasteiger partial charge in [-0.1, -0.05) is 18.5 Å². The molecule has 0 bridgehead atoms. The Balaban J connectivity index is 2.26. The number of rotatable bonds is 5. The van der Waals surface area contributed by atoms with Crippen molar-refractivity contribution in [3.8, 4) is 0 Å². The second-order valence-electron chi connectivity index (χ2n) is 4.65. The molecule has 0 saturated carbocycles. The van der Waals surface area contributed by atoms with Crippen LogP contribution >= 0.6 is 11.6 Å². The predicted octanol–water partition coefficient (Wildman–Crippen LogP) is 1.91. The Kier molecular flexibility index (Phi) is 4.27. The van der Waals surface area contributed by atoms with Gasteiger partial charge in [0, 0.05) is 25.4 Å². The van der Waals surface area contributed by atoms with E-state index >= 15 is 0 Å². The monoisotopic (exact) mass is 281 g/mol. The van der Waals surface area contributed by atoms with Gasteiger partial charge in [-0.05, 0) is 20.4 Å². The lowest BCUT2D eigenvalue weighted by Crippen LogP contribution is -2.07. The second kappa shape index (κ2) is 5.75. The molecule has 0 aliphatic carbocycles. The van der Waals surface area contributed by atoms with Gasteiger partial charge in [0.15, 0.2) is 0 Å². The number of hydrogen-bond donors (Lipinski definition) is 1. The van der Waals surface area contributed by atoms with E-state index in [1.54, 1.807) is 0 Å². The fraction of sp³-hybridized carbons (Fsp3) is 0.538. The number of halogens is 1. The van der Waals surface area contributed by atoms with Crippen LogP contribution in [-0.4, -0.2) is 26.6 Å². The third-order valence-electron chi connectivity index (χ3n) is 3.23. The first kappa shape index (κ1) is 14.1. The van der Waals surface area contributed by atoms with E-state index in [2.05, 4.69) is 28.6 Å². The van der Waals surface area contributed by atoms with Crippen LogP contribution in [0.5, 0.6) is 0 Å². The molecular weight excluding hydrogens is 262 g/mol. The predicted molar refractivity (Wildman–Crippen MR) is 76.4 cm³/mol. The van der Waals surface area contributed by atoms with Crippen molar-refractivity contribution in [1.82, 2.24) is 24.9 Å². The van der Waals surface area contributed by atoms with E-state index in [4.69, 9.17) is 11.6 Å². The Bertz CT molecular complexity index is 570. The van der Waals surface area contributed by atoms with Gasteiger partial charge in [0.2, 0.25) is 0 Å². The molecule has 0 amide bonds. The van der Waals surface area contributed by atoms with Gasteiger partial charge in [0.25, 0.3) is 0 Å². The summed E-state index contributed by atoms with van der Waals surface area (Å²) in [6.45, 7) is 5.55. The molecule has 104 valence electrons. The van der Waals surface area contributed by atoms with Crippen molar-refractivity contribution in [2.45, 2.75) is 33.4 Å². The molecule has 2 rings (SSSR count). The quantitative estimate of drug-likeness (QED) is 0.911.